The van der Waals surface area contributed by atoms with Gasteiger partial charge in [-0.05, 0) is 80.8 Å². The first kappa shape index (κ1) is 34.5. The number of nitrogens with one attached hydrogen (secondary N) is 3. The Hall–Kier alpha value is -4.42. The van der Waals surface area contributed by atoms with E-state index in [1.54, 1.807) is 4.90 Å². The second kappa shape index (κ2) is 16.2. The summed E-state index contributed by atoms with van der Waals surface area (Å²) in [4.78, 5) is 62.6. The topological polar surface area (TPSA) is 179 Å². The number of nitrogens with zero attached hydrogens (tertiary/aromatic N) is 1. The summed E-state index contributed by atoms with van der Waals surface area (Å²) in [5, 5.41) is 8.45. The molecule has 0 aromatic heterocycles. The normalized spacial score (nSPS) is 17.6. The summed E-state index contributed by atoms with van der Waals surface area (Å²) in [5.74, 6) is -2.44. The monoisotopic (exact) mass is 658 g/mol. The van der Waals surface area contributed by atoms with Gasteiger partial charge < -0.3 is 39.4 Å². The summed E-state index contributed by atoms with van der Waals surface area (Å²) in [6.07, 6.45) is 2.59. The number of carbonyl (C=O) groups is 5. The van der Waals surface area contributed by atoms with Crippen LogP contribution in [0.25, 0.3) is 0 Å². The molecule has 2 fully saturated rings. The van der Waals surface area contributed by atoms with Gasteiger partial charge in [-0.1, -0.05) is 0 Å². The highest BCUT2D eigenvalue weighted by Gasteiger charge is 2.49. The van der Waals surface area contributed by atoms with Crippen molar-refractivity contribution in [2.45, 2.75) is 50.3 Å². The zero-order valence-electron chi connectivity index (χ0n) is 25.8. The second-order valence-electron chi connectivity index (χ2n) is 10.7. The van der Waals surface area contributed by atoms with E-state index in [0.29, 0.717) is 36.9 Å². The van der Waals surface area contributed by atoms with Crippen LogP contribution in [0.15, 0.2) is 48.5 Å². The third-order valence-electron chi connectivity index (χ3n) is 7.61. The van der Waals surface area contributed by atoms with Crippen molar-refractivity contribution in [3.05, 3.63) is 59.7 Å². The Kier molecular flexibility index (Phi) is 12.2. The Bertz CT molecular complexity index is 1360. The van der Waals surface area contributed by atoms with Gasteiger partial charge in [0, 0.05) is 30.8 Å². The van der Waals surface area contributed by atoms with E-state index < -0.39 is 37.1 Å². The lowest BCUT2D eigenvalue weighted by atomic mass is 10.2. The van der Waals surface area contributed by atoms with E-state index in [-0.39, 0.29) is 49.4 Å². The fourth-order valence-corrected chi connectivity index (χ4v) is 7.34. The average Bonchev–Trinajstić information content (AvgIpc) is 3.79. The van der Waals surface area contributed by atoms with Crippen LogP contribution >= 0.6 is 7.60 Å². The molecule has 0 aliphatic carbocycles. The molecule has 3 N–H and O–H groups in total. The highest BCUT2D eigenvalue weighted by Crippen LogP contribution is 2.57. The quantitative estimate of drug-likeness (QED) is 0.201. The summed E-state index contributed by atoms with van der Waals surface area (Å²) in [7, 11) is -1.60. The van der Waals surface area contributed by atoms with E-state index in [1.165, 1.54) is 62.8 Å². The van der Waals surface area contributed by atoms with Gasteiger partial charge in [0.1, 0.15) is 11.5 Å². The number of hydrogen-bond donors (Lipinski definition) is 3. The van der Waals surface area contributed by atoms with E-state index in [9.17, 15) is 28.5 Å². The molecule has 15 heteroatoms. The summed E-state index contributed by atoms with van der Waals surface area (Å²) >= 11 is 0. The first-order valence-corrected chi connectivity index (χ1v) is 16.7. The van der Waals surface area contributed by atoms with E-state index in [2.05, 4.69) is 25.4 Å². The lowest BCUT2D eigenvalue weighted by Gasteiger charge is -2.32. The molecule has 0 saturated carbocycles. The Labute approximate surface area is 267 Å². The molecule has 3 amide bonds. The van der Waals surface area contributed by atoms with Gasteiger partial charge in [0.15, 0.2) is 5.78 Å². The molecule has 4 rings (SSSR count). The van der Waals surface area contributed by atoms with Crippen molar-refractivity contribution in [1.29, 1.82) is 0 Å². The first-order chi connectivity index (χ1) is 22.1. The van der Waals surface area contributed by atoms with Crippen LogP contribution in [0.2, 0.25) is 0 Å². The van der Waals surface area contributed by atoms with Crippen LogP contribution in [0.3, 0.4) is 0 Å². The molecule has 248 valence electrons. The highest BCUT2D eigenvalue weighted by atomic mass is 31.2. The van der Waals surface area contributed by atoms with Gasteiger partial charge in [-0.3, -0.25) is 24.0 Å². The standard InChI is InChI=1S/C31H39N4O10P/c1-42-27(36)15-18-33-29(38)21-7-11-23(12-8-21)44-46(41,26-6-4-20-35(26)31(40)25-5-3-17-32-25)45-24-13-9-22(10-14-24)30(39)34-19-16-28(37)43-2/h7-14,25-26,32H,3-6,15-20H2,1-2H3,(H,33,38)(H,34,39)/t25-,26?/m0/s1. The number of likely N-dealkylation sites (tertiary alicyclic amines) is 1. The Balaban J connectivity index is 1.51. The van der Waals surface area contributed by atoms with Crippen LogP contribution in [0.5, 0.6) is 11.5 Å². The lowest BCUT2D eigenvalue weighted by Crippen LogP contribution is -2.46. The van der Waals surface area contributed by atoms with Crippen molar-refractivity contribution in [3.8, 4) is 11.5 Å². The SMILES string of the molecule is COC(=O)CCNC(=O)c1ccc(OP(=O)(Oc2ccc(C(=O)NCCC(=O)OC)cc2)C2CCCN2C(=O)[C@@H]2CCCN2)cc1. The molecule has 0 bridgehead atoms. The number of methoxy groups -OCH3 is 2. The van der Waals surface area contributed by atoms with Gasteiger partial charge in [-0.2, -0.15) is 0 Å². The molecule has 0 radical (unpaired) electrons. The first-order valence-electron chi connectivity index (χ1n) is 15.1. The molecule has 2 aliphatic heterocycles. The number of ether oxygens (including phenoxy) is 2. The van der Waals surface area contributed by atoms with Gasteiger partial charge in [0.2, 0.25) is 5.91 Å². The Morgan fingerprint density at radius 3 is 1.72 bits per heavy atom. The number of rotatable bonds is 14. The third kappa shape index (κ3) is 9.07. The Morgan fingerprint density at radius 1 is 0.783 bits per heavy atom. The molecular weight excluding hydrogens is 619 g/mol. The van der Waals surface area contributed by atoms with Gasteiger partial charge in [0.25, 0.3) is 11.8 Å². The van der Waals surface area contributed by atoms with Gasteiger partial charge in [0.05, 0.1) is 33.1 Å². The zero-order chi connectivity index (χ0) is 33.1. The van der Waals surface area contributed by atoms with Gasteiger partial charge in [-0.25, -0.2) is 4.57 Å². The van der Waals surface area contributed by atoms with Crippen molar-refractivity contribution in [2.24, 2.45) is 0 Å². The largest absolute Gasteiger partial charge is 0.469 e. The minimum absolute atomic E-state index is 0.0258. The maximum absolute atomic E-state index is 14.7. The number of amides is 3. The molecule has 2 heterocycles. The fraction of sp³-hybridized carbons (Fsp3) is 0.452. The maximum atomic E-state index is 14.7. The van der Waals surface area contributed by atoms with Gasteiger partial charge in [-0.15, -0.1) is 0 Å². The summed E-state index contributed by atoms with van der Waals surface area (Å²) < 4.78 is 36.0. The number of esters is 2. The highest BCUT2D eigenvalue weighted by molar-refractivity contribution is 7.55. The molecule has 1 unspecified atom stereocenters. The average molecular weight is 659 g/mol. The molecule has 2 aromatic rings. The maximum Gasteiger partial charge on any atom is 0.453 e. The minimum Gasteiger partial charge on any atom is -0.469 e. The van der Waals surface area contributed by atoms with Crippen molar-refractivity contribution < 1.29 is 47.1 Å². The molecule has 2 atom stereocenters. The number of benzene rings is 2. The van der Waals surface area contributed by atoms with Crippen LogP contribution in [0.1, 0.15) is 59.2 Å². The van der Waals surface area contributed by atoms with Crippen molar-refractivity contribution >= 4 is 37.3 Å². The molecule has 46 heavy (non-hydrogen) atoms. The van der Waals surface area contributed by atoms with Crippen LogP contribution < -0.4 is 25.0 Å². The third-order valence-corrected chi connectivity index (χ3v) is 9.81. The smallest absolute Gasteiger partial charge is 0.453 e. The predicted molar refractivity (Wildman–Crippen MR) is 165 cm³/mol. The van der Waals surface area contributed by atoms with Crippen LogP contribution in [0.4, 0.5) is 0 Å². The zero-order valence-corrected chi connectivity index (χ0v) is 26.7. The fourth-order valence-electron chi connectivity index (χ4n) is 5.16. The van der Waals surface area contributed by atoms with Crippen molar-refractivity contribution in [2.75, 3.05) is 40.4 Å². The van der Waals surface area contributed by atoms with Crippen LogP contribution in [-0.2, 0) is 28.4 Å². The molecule has 2 aromatic carbocycles. The van der Waals surface area contributed by atoms with Gasteiger partial charge >= 0.3 is 19.5 Å². The van der Waals surface area contributed by atoms with Crippen LogP contribution in [0, 0.1) is 0 Å². The van der Waals surface area contributed by atoms with E-state index in [4.69, 9.17) is 9.05 Å². The van der Waals surface area contributed by atoms with E-state index >= 15 is 0 Å². The molecule has 2 aliphatic rings. The summed E-state index contributed by atoms with van der Waals surface area (Å²) in [6, 6.07) is 11.5. The number of carbonyl (C=O) groups excluding carboxylic acids is 5. The van der Waals surface area contributed by atoms with Crippen molar-refractivity contribution in [3.63, 3.8) is 0 Å². The van der Waals surface area contributed by atoms with Crippen molar-refractivity contribution in [1.82, 2.24) is 20.9 Å². The molecule has 0 spiro atoms. The lowest BCUT2D eigenvalue weighted by molar-refractivity contribution is -0.141. The predicted octanol–water partition coefficient (Wildman–Crippen LogP) is 2.62. The summed E-state index contributed by atoms with van der Waals surface area (Å²) in [5.41, 5.74) is 0.580. The minimum atomic E-state index is -4.13. The summed E-state index contributed by atoms with van der Waals surface area (Å²) in [6.45, 7) is 1.32. The van der Waals surface area contributed by atoms with Crippen LogP contribution in [-0.4, -0.2) is 86.8 Å². The molecule has 2 saturated heterocycles. The van der Waals surface area contributed by atoms with E-state index in [0.717, 1.165) is 13.0 Å². The molecule has 14 nitrogen and oxygen atoms in total. The number of hydrogen-bond acceptors (Lipinski definition) is 11. The molecular formula is C31H39N4O10P. The Morgan fingerprint density at radius 2 is 1.28 bits per heavy atom. The second-order valence-corrected chi connectivity index (χ2v) is 12.8. The van der Waals surface area contributed by atoms with E-state index in [1.807, 2.05) is 0 Å².